The Labute approximate surface area is 182 Å². The second-order valence-corrected chi connectivity index (χ2v) is 7.59. The molecule has 0 saturated carbocycles. The van der Waals surface area contributed by atoms with Crippen molar-refractivity contribution in [3.63, 3.8) is 0 Å². The largest absolute Gasteiger partial charge is 0.466 e. The van der Waals surface area contributed by atoms with Crippen LogP contribution in [0.4, 0.5) is 0 Å². The third-order valence-corrected chi connectivity index (χ3v) is 5.51. The van der Waals surface area contributed by atoms with Crippen LogP contribution in [0.1, 0.15) is 66.8 Å². The van der Waals surface area contributed by atoms with Gasteiger partial charge >= 0.3 is 11.9 Å². The number of ether oxygens (including phenoxy) is 2. The Hall–Kier alpha value is -3.22. The van der Waals surface area contributed by atoms with E-state index >= 15 is 0 Å². The summed E-state index contributed by atoms with van der Waals surface area (Å²) in [7, 11) is 0. The molecule has 1 aromatic carbocycles. The minimum absolute atomic E-state index is 0.198. The van der Waals surface area contributed by atoms with Crippen molar-refractivity contribution < 1.29 is 19.1 Å². The molecule has 2 aromatic heterocycles. The molecule has 0 N–H and O–H groups in total. The van der Waals surface area contributed by atoms with Crippen LogP contribution in [0.3, 0.4) is 0 Å². The zero-order chi connectivity index (χ0) is 22.5. The Balaban J connectivity index is 2.08. The van der Waals surface area contributed by atoms with Gasteiger partial charge in [-0.15, -0.1) is 10.2 Å². The number of carbonyl (C=O) groups excluding carboxylic acids is 2. The van der Waals surface area contributed by atoms with Crippen molar-refractivity contribution >= 4 is 17.6 Å². The summed E-state index contributed by atoms with van der Waals surface area (Å²) in [6.45, 7) is 9.75. The van der Waals surface area contributed by atoms with E-state index in [0.717, 1.165) is 45.7 Å². The van der Waals surface area contributed by atoms with Crippen molar-refractivity contribution in [2.75, 3.05) is 6.61 Å². The van der Waals surface area contributed by atoms with E-state index in [2.05, 4.69) is 10.2 Å². The SMILES string of the molecule is CCOC(=O)CC(c1ccc(C)c(COC(C)=O)c1)c1ccn2c(CC)nnc2c1C. The van der Waals surface area contributed by atoms with Gasteiger partial charge in [0.25, 0.3) is 0 Å². The molecule has 1 unspecified atom stereocenters. The van der Waals surface area contributed by atoms with Gasteiger partial charge in [0.15, 0.2) is 5.65 Å². The Bertz CT molecular complexity index is 1100. The number of aryl methyl sites for hydroxylation is 3. The molecular weight excluding hydrogens is 394 g/mol. The Morgan fingerprint density at radius 1 is 1.10 bits per heavy atom. The maximum absolute atomic E-state index is 12.5. The zero-order valence-corrected chi connectivity index (χ0v) is 18.8. The van der Waals surface area contributed by atoms with Gasteiger partial charge in [0.05, 0.1) is 13.0 Å². The average Bonchev–Trinajstić information content (AvgIpc) is 3.16. The van der Waals surface area contributed by atoms with E-state index in [1.54, 1.807) is 6.92 Å². The number of hydrogen-bond acceptors (Lipinski definition) is 6. The van der Waals surface area contributed by atoms with Crippen LogP contribution >= 0.6 is 0 Å². The van der Waals surface area contributed by atoms with Gasteiger partial charge in [-0.2, -0.15) is 0 Å². The van der Waals surface area contributed by atoms with Crippen molar-refractivity contribution in [2.45, 2.75) is 60.0 Å². The molecule has 164 valence electrons. The van der Waals surface area contributed by atoms with Crippen molar-refractivity contribution in [2.24, 2.45) is 0 Å². The minimum Gasteiger partial charge on any atom is -0.466 e. The first-order chi connectivity index (χ1) is 14.8. The highest BCUT2D eigenvalue weighted by Crippen LogP contribution is 2.33. The maximum atomic E-state index is 12.5. The standard InChI is InChI=1S/C24H29N3O4/c1-6-22-25-26-24-16(4)20(10-11-27(22)24)21(13-23(29)30-7-2)18-9-8-15(3)19(12-18)14-31-17(5)28/h8-12,21H,6-7,13-14H2,1-5H3. The predicted octanol–water partition coefficient (Wildman–Crippen LogP) is 4.06. The van der Waals surface area contributed by atoms with E-state index < -0.39 is 0 Å². The molecule has 0 aliphatic carbocycles. The maximum Gasteiger partial charge on any atom is 0.306 e. The third-order valence-electron chi connectivity index (χ3n) is 5.51. The second-order valence-electron chi connectivity index (χ2n) is 7.59. The molecule has 0 saturated heterocycles. The van der Waals surface area contributed by atoms with E-state index in [9.17, 15) is 9.59 Å². The lowest BCUT2D eigenvalue weighted by Gasteiger charge is -2.21. The summed E-state index contributed by atoms with van der Waals surface area (Å²) in [4.78, 5) is 23.8. The van der Waals surface area contributed by atoms with Crippen molar-refractivity contribution in [1.29, 1.82) is 0 Å². The highest BCUT2D eigenvalue weighted by molar-refractivity contribution is 5.72. The molecule has 3 rings (SSSR count). The molecule has 0 bridgehead atoms. The molecular formula is C24H29N3O4. The van der Waals surface area contributed by atoms with Crippen molar-refractivity contribution in [1.82, 2.24) is 14.6 Å². The number of nitrogens with zero attached hydrogens (tertiary/aromatic N) is 3. The lowest BCUT2D eigenvalue weighted by Crippen LogP contribution is -2.14. The average molecular weight is 424 g/mol. The monoisotopic (exact) mass is 423 g/mol. The normalized spacial score (nSPS) is 12.0. The molecule has 31 heavy (non-hydrogen) atoms. The number of esters is 2. The first-order valence-corrected chi connectivity index (χ1v) is 10.6. The molecule has 0 aliphatic heterocycles. The molecule has 7 nitrogen and oxygen atoms in total. The van der Waals surface area contributed by atoms with E-state index in [-0.39, 0.29) is 30.9 Å². The van der Waals surface area contributed by atoms with Gasteiger partial charge in [-0.1, -0.05) is 25.1 Å². The fourth-order valence-electron chi connectivity index (χ4n) is 3.80. The quantitative estimate of drug-likeness (QED) is 0.508. The van der Waals surface area contributed by atoms with Gasteiger partial charge in [0.2, 0.25) is 0 Å². The van der Waals surface area contributed by atoms with Crippen LogP contribution in [0, 0.1) is 13.8 Å². The lowest BCUT2D eigenvalue weighted by atomic mass is 9.85. The topological polar surface area (TPSA) is 82.8 Å². The summed E-state index contributed by atoms with van der Waals surface area (Å²) in [5.74, 6) is 0.0883. The van der Waals surface area contributed by atoms with Crippen LogP contribution in [0.15, 0.2) is 30.5 Å². The summed E-state index contributed by atoms with van der Waals surface area (Å²) in [5.41, 5.74) is 5.66. The predicted molar refractivity (Wildman–Crippen MR) is 117 cm³/mol. The molecule has 3 aromatic rings. The summed E-state index contributed by atoms with van der Waals surface area (Å²) in [6.07, 6.45) is 2.95. The number of aromatic nitrogens is 3. The van der Waals surface area contributed by atoms with Crippen LogP contribution in [-0.4, -0.2) is 33.1 Å². The highest BCUT2D eigenvalue weighted by Gasteiger charge is 2.23. The Morgan fingerprint density at radius 3 is 2.55 bits per heavy atom. The van der Waals surface area contributed by atoms with Crippen LogP contribution in [-0.2, 0) is 32.1 Å². The zero-order valence-electron chi connectivity index (χ0n) is 18.8. The lowest BCUT2D eigenvalue weighted by molar-refractivity contribution is -0.143. The van der Waals surface area contributed by atoms with Gasteiger partial charge < -0.3 is 9.47 Å². The van der Waals surface area contributed by atoms with Gasteiger partial charge in [-0.3, -0.25) is 14.0 Å². The number of rotatable bonds is 8. The smallest absolute Gasteiger partial charge is 0.306 e. The fourth-order valence-corrected chi connectivity index (χ4v) is 3.80. The van der Waals surface area contributed by atoms with Crippen LogP contribution in [0.2, 0.25) is 0 Å². The summed E-state index contributed by atoms with van der Waals surface area (Å²) < 4.78 is 12.5. The summed E-state index contributed by atoms with van der Waals surface area (Å²) >= 11 is 0. The molecule has 7 heteroatoms. The second kappa shape index (κ2) is 9.73. The molecule has 0 aliphatic rings. The van der Waals surface area contributed by atoms with Gasteiger partial charge in [0.1, 0.15) is 12.4 Å². The Kier molecular flexibility index (Phi) is 7.05. The van der Waals surface area contributed by atoms with E-state index in [1.807, 2.05) is 55.6 Å². The molecule has 0 amide bonds. The van der Waals surface area contributed by atoms with E-state index in [1.165, 1.54) is 6.92 Å². The van der Waals surface area contributed by atoms with Gasteiger partial charge in [-0.25, -0.2) is 0 Å². The number of fused-ring (bicyclic) bond motifs is 1. The van der Waals surface area contributed by atoms with Crippen LogP contribution in [0.25, 0.3) is 5.65 Å². The number of hydrogen-bond donors (Lipinski definition) is 0. The fraction of sp³-hybridized carbons (Fsp3) is 0.417. The van der Waals surface area contributed by atoms with Gasteiger partial charge in [-0.05, 0) is 54.7 Å². The van der Waals surface area contributed by atoms with Gasteiger partial charge in [0, 0.05) is 25.5 Å². The Morgan fingerprint density at radius 2 is 1.87 bits per heavy atom. The third kappa shape index (κ3) is 4.93. The number of pyridine rings is 1. The summed E-state index contributed by atoms with van der Waals surface area (Å²) in [5, 5.41) is 8.64. The van der Waals surface area contributed by atoms with Crippen LogP contribution < -0.4 is 0 Å². The molecule has 0 spiro atoms. The van der Waals surface area contributed by atoms with Crippen LogP contribution in [0.5, 0.6) is 0 Å². The van der Waals surface area contributed by atoms with E-state index in [0.29, 0.717) is 6.61 Å². The van der Waals surface area contributed by atoms with Crippen molar-refractivity contribution in [3.8, 4) is 0 Å². The highest BCUT2D eigenvalue weighted by atomic mass is 16.5. The molecule has 2 heterocycles. The molecule has 0 fully saturated rings. The molecule has 0 radical (unpaired) electrons. The first kappa shape index (κ1) is 22.5. The van der Waals surface area contributed by atoms with Crippen molar-refractivity contribution in [3.05, 3.63) is 64.1 Å². The minimum atomic E-state index is -0.326. The first-order valence-electron chi connectivity index (χ1n) is 10.6. The van der Waals surface area contributed by atoms with E-state index in [4.69, 9.17) is 9.47 Å². The number of carbonyl (C=O) groups is 2. The molecule has 1 atom stereocenters. The number of benzene rings is 1. The summed E-state index contributed by atoms with van der Waals surface area (Å²) in [6, 6.07) is 8.04.